The van der Waals surface area contributed by atoms with Crippen LogP contribution in [0, 0.1) is 12.8 Å². The van der Waals surface area contributed by atoms with Crippen molar-refractivity contribution in [3.05, 3.63) is 113 Å². The smallest absolute Gasteiger partial charge is 0.140 e. The summed E-state index contributed by atoms with van der Waals surface area (Å²) in [5, 5.41) is 0.736. The molecule has 2 aromatic carbocycles. The molecule has 0 N–H and O–H groups in total. The highest BCUT2D eigenvalue weighted by atomic mass is 35.5. The number of halogens is 1. The fraction of sp³-hybridized carbons (Fsp3) is 0.314. The van der Waals surface area contributed by atoms with E-state index in [0.717, 1.165) is 71.3 Å². The zero-order valence-corrected chi connectivity index (χ0v) is 24.1. The van der Waals surface area contributed by atoms with E-state index in [0.29, 0.717) is 18.8 Å². The molecule has 1 aromatic heterocycles. The van der Waals surface area contributed by atoms with Crippen LogP contribution < -0.4 is 0 Å². The van der Waals surface area contributed by atoms with Gasteiger partial charge in [0.1, 0.15) is 11.6 Å². The number of aromatic nitrogens is 2. The molecule has 5 rings (SSSR count). The van der Waals surface area contributed by atoms with E-state index in [-0.39, 0.29) is 5.78 Å². The third kappa shape index (κ3) is 6.92. The van der Waals surface area contributed by atoms with Crippen LogP contribution in [0.4, 0.5) is 0 Å². The van der Waals surface area contributed by atoms with E-state index in [1.165, 1.54) is 18.5 Å². The molecular formula is C35H38ClN3O. The van der Waals surface area contributed by atoms with Crippen LogP contribution >= 0.6 is 11.6 Å². The van der Waals surface area contributed by atoms with Gasteiger partial charge in [0.2, 0.25) is 0 Å². The third-order valence-electron chi connectivity index (χ3n) is 8.02. The predicted octanol–water partition coefficient (Wildman–Crippen LogP) is 8.54. The van der Waals surface area contributed by atoms with E-state index in [4.69, 9.17) is 16.6 Å². The molecule has 2 heterocycles. The summed E-state index contributed by atoms with van der Waals surface area (Å²) in [6, 6.07) is 14.1. The van der Waals surface area contributed by atoms with Crippen molar-refractivity contribution < 1.29 is 4.79 Å². The van der Waals surface area contributed by atoms with Gasteiger partial charge < -0.3 is 9.47 Å². The molecule has 1 fully saturated rings. The second kappa shape index (κ2) is 13.1. The van der Waals surface area contributed by atoms with Gasteiger partial charge in [0, 0.05) is 47.7 Å². The summed E-state index contributed by atoms with van der Waals surface area (Å²) in [6.45, 7) is 8.01. The molecule has 0 radical (unpaired) electrons. The SMILES string of the molecule is C=Cc1ccc(-n2cc(-c3ccc(Cl)c(C)c3)nc2CC(=O)CCC2CCCN(C3=CCC=CC=C3)CC2)cc1. The van der Waals surface area contributed by atoms with E-state index >= 15 is 0 Å². The Hall–Kier alpha value is -3.63. The van der Waals surface area contributed by atoms with Crippen LogP contribution in [0.1, 0.15) is 55.5 Å². The number of aryl methyl sites for hydroxylation is 1. The maximum atomic E-state index is 13.3. The lowest BCUT2D eigenvalue weighted by Gasteiger charge is -2.24. The quantitative estimate of drug-likeness (QED) is 0.267. The third-order valence-corrected chi connectivity index (χ3v) is 8.44. The van der Waals surface area contributed by atoms with Crippen LogP contribution in [0.25, 0.3) is 23.0 Å². The molecular weight excluding hydrogens is 514 g/mol. The predicted molar refractivity (Wildman–Crippen MR) is 167 cm³/mol. The van der Waals surface area contributed by atoms with Crippen LogP contribution in [0.15, 0.2) is 91.3 Å². The lowest BCUT2D eigenvalue weighted by Crippen LogP contribution is -2.23. The minimum Gasteiger partial charge on any atom is -0.372 e. The summed E-state index contributed by atoms with van der Waals surface area (Å²) < 4.78 is 2.05. The van der Waals surface area contributed by atoms with Crippen molar-refractivity contribution in [3.63, 3.8) is 0 Å². The van der Waals surface area contributed by atoms with Gasteiger partial charge in [-0.05, 0) is 86.4 Å². The lowest BCUT2D eigenvalue weighted by molar-refractivity contribution is -0.118. The first-order chi connectivity index (χ1) is 19.5. The fourth-order valence-corrected chi connectivity index (χ4v) is 5.74. The van der Waals surface area contributed by atoms with Gasteiger partial charge in [0.25, 0.3) is 0 Å². The Morgan fingerprint density at radius 1 is 1.12 bits per heavy atom. The van der Waals surface area contributed by atoms with Gasteiger partial charge in [-0.15, -0.1) is 0 Å². The van der Waals surface area contributed by atoms with Crippen LogP contribution in [-0.2, 0) is 11.2 Å². The Bertz CT molecular complexity index is 1440. The number of carbonyl (C=O) groups is 1. The molecule has 1 aliphatic carbocycles. The second-order valence-electron chi connectivity index (χ2n) is 10.9. The van der Waals surface area contributed by atoms with Crippen LogP contribution in [0.3, 0.4) is 0 Å². The molecule has 0 bridgehead atoms. The van der Waals surface area contributed by atoms with Crippen LogP contribution in [-0.4, -0.2) is 33.3 Å². The first-order valence-electron chi connectivity index (χ1n) is 14.4. The first kappa shape index (κ1) is 27.9. The molecule has 40 heavy (non-hydrogen) atoms. The zero-order chi connectivity index (χ0) is 27.9. The van der Waals surface area contributed by atoms with Gasteiger partial charge in [-0.2, -0.15) is 0 Å². The van der Waals surface area contributed by atoms with Crippen molar-refractivity contribution in [3.8, 4) is 16.9 Å². The highest BCUT2D eigenvalue weighted by molar-refractivity contribution is 6.31. The van der Waals surface area contributed by atoms with Crippen molar-refractivity contribution in [2.75, 3.05) is 13.1 Å². The Balaban J connectivity index is 1.26. The summed E-state index contributed by atoms with van der Waals surface area (Å²) in [5.74, 6) is 1.60. The first-order valence-corrected chi connectivity index (χ1v) is 14.8. The number of ketones is 1. The molecule has 5 heteroatoms. The molecule has 4 nitrogen and oxygen atoms in total. The molecule has 0 spiro atoms. The number of benzene rings is 2. The maximum Gasteiger partial charge on any atom is 0.140 e. The molecule has 2 aliphatic rings. The van der Waals surface area contributed by atoms with Crippen molar-refractivity contribution in [1.29, 1.82) is 0 Å². The monoisotopic (exact) mass is 551 g/mol. The molecule has 0 saturated carbocycles. The van der Waals surface area contributed by atoms with Gasteiger partial charge in [0.05, 0.1) is 12.1 Å². The van der Waals surface area contributed by atoms with Gasteiger partial charge in [-0.3, -0.25) is 4.79 Å². The summed E-state index contributed by atoms with van der Waals surface area (Å²) in [6.07, 6.45) is 21.2. The molecule has 0 amide bonds. The highest BCUT2D eigenvalue weighted by Crippen LogP contribution is 2.28. The number of hydrogen-bond acceptors (Lipinski definition) is 3. The fourth-order valence-electron chi connectivity index (χ4n) is 5.63. The average molecular weight is 552 g/mol. The number of allylic oxidation sites excluding steroid dienone is 5. The number of carbonyl (C=O) groups excluding carboxylic acids is 1. The number of hydrogen-bond donors (Lipinski definition) is 0. The molecule has 1 unspecified atom stereocenters. The number of nitrogens with zero attached hydrogens (tertiary/aromatic N) is 3. The molecule has 206 valence electrons. The highest BCUT2D eigenvalue weighted by Gasteiger charge is 2.20. The maximum absolute atomic E-state index is 13.3. The van der Waals surface area contributed by atoms with Gasteiger partial charge >= 0.3 is 0 Å². The standard InChI is InChI=1S/C35H38ClN3O/c1-3-27-12-16-31(17-13-27)39-25-34(29-15-19-33(36)26(2)23-29)37-35(39)24-32(40)18-14-28-9-8-21-38(22-20-28)30-10-6-4-5-7-11-30/h3-6,10-13,15-17,19,23,25,28H,1,7-9,14,18,20-22,24H2,2H3. The van der Waals surface area contributed by atoms with E-state index in [1.54, 1.807) is 0 Å². The molecule has 1 saturated heterocycles. The van der Waals surface area contributed by atoms with Crippen LogP contribution in [0.5, 0.6) is 0 Å². The van der Waals surface area contributed by atoms with Crippen molar-refractivity contribution in [1.82, 2.24) is 14.5 Å². The normalized spacial score (nSPS) is 17.3. The summed E-state index contributed by atoms with van der Waals surface area (Å²) in [7, 11) is 0. The number of likely N-dealkylation sites (tertiary alicyclic amines) is 1. The van der Waals surface area contributed by atoms with E-state index in [2.05, 4.69) is 58.6 Å². The minimum atomic E-state index is 0.245. The van der Waals surface area contributed by atoms with Crippen molar-refractivity contribution in [2.45, 2.75) is 51.9 Å². The second-order valence-corrected chi connectivity index (χ2v) is 11.3. The molecule has 1 atom stereocenters. The minimum absolute atomic E-state index is 0.245. The van der Waals surface area contributed by atoms with Crippen molar-refractivity contribution in [2.24, 2.45) is 5.92 Å². The Morgan fingerprint density at radius 3 is 2.77 bits per heavy atom. The van der Waals surface area contributed by atoms with Gasteiger partial charge in [-0.25, -0.2) is 4.98 Å². The van der Waals surface area contributed by atoms with E-state index in [9.17, 15) is 4.79 Å². The Labute approximate surface area is 243 Å². The van der Waals surface area contributed by atoms with E-state index in [1.807, 2.05) is 49.5 Å². The summed E-state index contributed by atoms with van der Waals surface area (Å²) in [5.41, 5.74) is 6.22. The summed E-state index contributed by atoms with van der Waals surface area (Å²) >= 11 is 6.27. The van der Waals surface area contributed by atoms with Gasteiger partial charge in [0.15, 0.2) is 0 Å². The lowest BCUT2D eigenvalue weighted by atomic mass is 9.93. The molecule has 1 aliphatic heterocycles. The number of Topliss-reactive ketones (excluding diaryl/α,β-unsaturated/α-hetero) is 1. The van der Waals surface area contributed by atoms with E-state index < -0.39 is 0 Å². The summed E-state index contributed by atoms with van der Waals surface area (Å²) in [4.78, 5) is 20.8. The van der Waals surface area contributed by atoms with Crippen LogP contribution in [0.2, 0.25) is 5.02 Å². The Kier molecular flexibility index (Phi) is 9.18. The topological polar surface area (TPSA) is 38.1 Å². The zero-order valence-electron chi connectivity index (χ0n) is 23.4. The largest absolute Gasteiger partial charge is 0.372 e. The van der Waals surface area contributed by atoms with Gasteiger partial charge in [-0.1, -0.05) is 66.8 Å². The number of rotatable bonds is 9. The average Bonchev–Trinajstić information content (AvgIpc) is 3.13. The Morgan fingerprint density at radius 2 is 1.98 bits per heavy atom. The van der Waals surface area contributed by atoms with Crippen molar-refractivity contribution >= 4 is 23.5 Å². The number of imidazole rings is 1. The molecule has 3 aromatic rings.